The van der Waals surface area contributed by atoms with Gasteiger partial charge in [0.2, 0.25) is 0 Å². The molecule has 1 aromatic carbocycles. The minimum absolute atomic E-state index is 0.0972. The summed E-state index contributed by atoms with van der Waals surface area (Å²) in [5.41, 5.74) is 0.751. The van der Waals surface area contributed by atoms with Crippen LogP contribution in [0.25, 0.3) is 0 Å². The van der Waals surface area contributed by atoms with Crippen molar-refractivity contribution in [1.82, 2.24) is 0 Å². The summed E-state index contributed by atoms with van der Waals surface area (Å²) >= 11 is 0. The summed E-state index contributed by atoms with van der Waals surface area (Å²) in [5, 5.41) is 9.24. The van der Waals surface area contributed by atoms with Gasteiger partial charge < -0.3 is 14.6 Å². The minimum atomic E-state index is -0.901. The summed E-state index contributed by atoms with van der Waals surface area (Å²) in [6.45, 7) is 10.9. The van der Waals surface area contributed by atoms with Crippen LogP contribution in [0.2, 0.25) is 0 Å². The highest BCUT2D eigenvalue weighted by atomic mass is 16.5. The molecule has 0 saturated heterocycles. The van der Waals surface area contributed by atoms with Gasteiger partial charge in [0, 0.05) is 11.8 Å². The highest BCUT2D eigenvalue weighted by Gasteiger charge is 2.60. The molecule has 1 saturated carbocycles. The maximum atomic E-state index is 11.3. The van der Waals surface area contributed by atoms with E-state index in [9.17, 15) is 9.90 Å². The highest BCUT2D eigenvalue weighted by Crippen LogP contribution is 2.56. The van der Waals surface area contributed by atoms with Gasteiger partial charge in [-0.3, -0.25) is 0 Å². The third kappa shape index (κ3) is 2.44. The van der Waals surface area contributed by atoms with Crippen molar-refractivity contribution in [3.05, 3.63) is 42.0 Å². The number of ether oxygens (including phenoxy) is 2. The lowest BCUT2D eigenvalue weighted by atomic mass is 9.58. The monoisotopic (exact) mass is 330 g/mol. The van der Waals surface area contributed by atoms with Gasteiger partial charge in [0.25, 0.3) is 0 Å². The molecular weight excluding hydrogens is 304 g/mol. The van der Waals surface area contributed by atoms with E-state index in [-0.39, 0.29) is 17.1 Å². The molecule has 1 aliphatic carbocycles. The Kier molecular flexibility index (Phi) is 4.20. The molecule has 24 heavy (non-hydrogen) atoms. The van der Waals surface area contributed by atoms with E-state index in [4.69, 9.17) is 9.47 Å². The number of carbonyl (C=O) groups is 1. The topological polar surface area (TPSA) is 55.8 Å². The smallest absolute Gasteiger partial charge is 0.335 e. The zero-order valence-corrected chi connectivity index (χ0v) is 14.7. The van der Waals surface area contributed by atoms with E-state index in [0.717, 1.165) is 30.6 Å². The molecular formula is C20H26O4. The van der Waals surface area contributed by atoms with Gasteiger partial charge in [0.15, 0.2) is 0 Å². The Hall–Kier alpha value is -1.81. The molecule has 130 valence electrons. The fourth-order valence-corrected chi connectivity index (χ4v) is 4.48. The third-order valence-electron chi connectivity index (χ3n) is 6.02. The van der Waals surface area contributed by atoms with Crippen molar-refractivity contribution in [1.29, 1.82) is 0 Å². The van der Waals surface area contributed by atoms with Crippen LogP contribution in [0.15, 0.2) is 30.9 Å². The SMILES string of the molecule is C=CCO[C@@H]1CC[C@H](C)[C@]2(Cc3cc(C(=O)O)ccc3O2)C1(C)C. The molecule has 1 N–H and O–H groups in total. The summed E-state index contributed by atoms with van der Waals surface area (Å²) in [7, 11) is 0. The molecule has 4 nitrogen and oxygen atoms in total. The second-order valence-corrected chi connectivity index (χ2v) is 7.61. The summed E-state index contributed by atoms with van der Waals surface area (Å²) < 4.78 is 12.6. The van der Waals surface area contributed by atoms with Crippen LogP contribution in [-0.2, 0) is 11.2 Å². The number of carboxylic acid groups (broad SMARTS) is 1. The molecule has 0 unspecified atom stereocenters. The second kappa shape index (κ2) is 5.92. The molecule has 0 aromatic heterocycles. The maximum Gasteiger partial charge on any atom is 0.335 e. The first kappa shape index (κ1) is 17.0. The van der Waals surface area contributed by atoms with E-state index in [2.05, 4.69) is 27.4 Å². The average molecular weight is 330 g/mol. The molecule has 1 aliphatic heterocycles. The number of fused-ring (bicyclic) bond motifs is 1. The first-order valence-electron chi connectivity index (χ1n) is 8.59. The number of hydrogen-bond donors (Lipinski definition) is 1. The fourth-order valence-electron chi connectivity index (χ4n) is 4.48. The van der Waals surface area contributed by atoms with Crippen molar-refractivity contribution >= 4 is 5.97 Å². The van der Waals surface area contributed by atoms with Crippen LogP contribution in [-0.4, -0.2) is 29.4 Å². The minimum Gasteiger partial charge on any atom is -0.486 e. The third-order valence-corrected chi connectivity index (χ3v) is 6.02. The summed E-state index contributed by atoms with van der Waals surface area (Å²) in [6.07, 6.45) is 4.64. The lowest BCUT2D eigenvalue weighted by Gasteiger charge is -2.54. The second-order valence-electron chi connectivity index (χ2n) is 7.61. The zero-order valence-electron chi connectivity index (χ0n) is 14.7. The number of hydrogen-bond acceptors (Lipinski definition) is 3. The quantitative estimate of drug-likeness (QED) is 0.845. The van der Waals surface area contributed by atoms with E-state index in [1.165, 1.54) is 0 Å². The zero-order chi connectivity index (χ0) is 17.5. The Morgan fingerprint density at radius 3 is 2.88 bits per heavy atom. The lowest BCUT2D eigenvalue weighted by molar-refractivity contribution is -0.171. The Balaban J connectivity index is 1.96. The van der Waals surface area contributed by atoms with Crippen LogP contribution >= 0.6 is 0 Å². The predicted molar refractivity (Wildman–Crippen MR) is 92.6 cm³/mol. The normalized spacial score (nSPS) is 30.6. The lowest BCUT2D eigenvalue weighted by Crippen LogP contribution is -2.62. The van der Waals surface area contributed by atoms with Gasteiger partial charge in [0.05, 0.1) is 18.3 Å². The van der Waals surface area contributed by atoms with Crippen molar-refractivity contribution in [2.24, 2.45) is 11.3 Å². The molecule has 1 aromatic rings. The Morgan fingerprint density at radius 2 is 2.21 bits per heavy atom. The van der Waals surface area contributed by atoms with Crippen molar-refractivity contribution in [2.45, 2.75) is 51.7 Å². The molecule has 0 bridgehead atoms. The standard InChI is InChI=1S/C20H26O4/c1-5-10-23-17-9-6-13(2)20(19(17,3)4)12-15-11-14(18(21)22)7-8-16(15)24-20/h5,7-8,11,13,17H,1,6,9-10,12H2,2-4H3,(H,21,22)/t13-,17+,20+/m0/s1. The Labute approximate surface area is 143 Å². The molecule has 0 radical (unpaired) electrons. The van der Waals surface area contributed by atoms with Gasteiger partial charge >= 0.3 is 5.97 Å². The summed E-state index contributed by atoms with van der Waals surface area (Å²) in [6, 6.07) is 5.17. The molecule has 3 atom stereocenters. The van der Waals surface area contributed by atoms with Gasteiger partial charge in [-0.15, -0.1) is 6.58 Å². The van der Waals surface area contributed by atoms with Gasteiger partial charge in [-0.05, 0) is 42.5 Å². The fraction of sp³-hybridized carbons (Fsp3) is 0.550. The maximum absolute atomic E-state index is 11.3. The highest BCUT2D eigenvalue weighted by molar-refractivity contribution is 5.88. The van der Waals surface area contributed by atoms with Crippen LogP contribution in [0.4, 0.5) is 0 Å². The van der Waals surface area contributed by atoms with Crippen molar-refractivity contribution < 1.29 is 19.4 Å². The molecule has 1 fully saturated rings. The van der Waals surface area contributed by atoms with E-state index < -0.39 is 5.97 Å². The van der Waals surface area contributed by atoms with Crippen molar-refractivity contribution in [3.8, 4) is 5.75 Å². The van der Waals surface area contributed by atoms with Crippen LogP contribution in [0.5, 0.6) is 5.75 Å². The molecule has 0 amide bonds. The van der Waals surface area contributed by atoms with Crippen LogP contribution in [0.1, 0.15) is 49.5 Å². The number of benzene rings is 1. The van der Waals surface area contributed by atoms with E-state index in [1.54, 1.807) is 24.3 Å². The van der Waals surface area contributed by atoms with Gasteiger partial charge in [-0.1, -0.05) is 26.8 Å². The summed E-state index contributed by atoms with van der Waals surface area (Å²) in [5.74, 6) is 0.281. The molecule has 1 spiro atoms. The number of aromatic carboxylic acids is 1. The number of carboxylic acids is 1. The van der Waals surface area contributed by atoms with E-state index in [1.807, 2.05) is 0 Å². The summed E-state index contributed by atoms with van der Waals surface area (Å²) in [4.78, 5) is 11.3. The van der Waals surface area contributed by atoms with E-state index in [0.29, 0.717) is 18.1 Å². The molecule has 1 heterocycles. The van der Waals surface area contributed by atoms with Crippen LogP contribution in [0, 0.1) is 11.3 Å². The largest absolute Gasteiger partial charge is 0.486 e. The molecule has 3 rings (SSSR count). The van der Waals surface area contributed by atoms with Crippen molar-refractivity contribution in [3.63, 3.8) is 0 Å². The predicted octanol–water partition coefficient (Wildman–Crippen LogP) is 4.09. The van der Waals surface area contributed by atoms with Gasteiger partial charge in [0.1, 0.15) is 11.4 Å². The van der Waals surface area contributed by atoms with E-state index >= 15 is 0 Å². The Morgan fingerprint density at radius 1 is 1.46 bits per heavy atom. The molecule has 2 aliphatic rings. The van der Waals surface area contributed by atoms with Gasteiger partial charge in [-0.2, -0.15) is 0 Å². The van der Waals surface area contributed by atoms with Crippen LogP contribution < -0.4 is 4.74 Å². The average Bonchev–Trinajstić information content (AvgIpc) is 2.93. The first-order chi connectivity index (χ1) is 11.3. The van der Waals surface area contributed by atoms with Crippen molar-refractivity contribution in [2.75, 3.05) is 6.61 Å². The number of rotatable bonds is 4. The molecule has 4 heteroatoms. The van der Waals surface area contributed by atoms with Gasteiger partial charge in [-0.25, -0.2) is 4.79 Å². The first-order valence-corrected chi connectivity index (χ1v) is 8.59. The van der Waals surface area contributed by atoms with Crippen LogP contribution in [0.3, 0.4) is 0 Å². The Bertz CT molecular complexity index is 664.